The van der Waals surface area contributed by atoms with Crippen LogP contribution >= 0.6 is 11.6 Å². The van der Waals surface area contributed by atoms with Crippen LogP contribution < -0.4 is 14.4 Å². The number of amides is 1. The number of halogens is 3. The van der Waals surface area contributed by atoms with Crippen molar-refractivity contribution < 1.29 is 32.6 Å². The number of benzene rings is 3. The van der Waals surface area contributed by atoms with Gasteiger partial charge in [-0.1, -0.05) is 60.8 Å². The lowest BCUT2D eigenvalue weighted by molar-refractivity contribution is -0.107. The number of hydrogen-bond acceptors (Lipinski definition) is 10. The molecule has 0 unspecified atom stereocenters. The predicted molar refractivity (Wildman–Crippen MR) is 205 cm³/mol. The Bertz CT molecular complexity index is 2000. The van der Waals surface area contributed by atoms with Crippen LogP contribution in [0.25, 0.3) is 22.0 Å². The molecule has 2 fully saturated rings. The number of aldehydes is 1. The molecule has 6 rings (SSSR count). The minimum Gasteiger partial charge on any atom is -0.493 e. The second-order valence-corrected chi connectivity index (χ2v) is 14.3. The lowest BCUT2D eigenvalue weighted by atomic mass is 10.0. The highest BCUT2D eigenvalue weighted by Crippen LogP contribution is 2.43. The van der Waals surface area contributed by atoms with Gasteiger partial charge in [-0.3, -0.25) is 0 Å². The molecule has 11 nitrogen and oxygen atoms in total. The van der Waals surface area contributed by atoms with Gasteiger partial charge in [-0.2, -0.15) is 15.2 Å². The molecule has 4 aromatic rings. The Labute approximate surface area is 324 Å². The van der Waals surface area contributed by atoms with Crippen molar-refractivity contribution >= 4 is 40.7 Å². The van der Waals surface area contributed by atoms with Crippen LogP contribution in [0.15, 0.2) is 54.6 Å². The number of ether oxygens (including phenoxy) is 3. The molecule has 1 amide bonds. The van der Waals surface area contributed by atoms with Gasteiger partial charge >= 0.3 is 12.1 Å². The van der Waals surface area contributed by atoms with Gasteiger partial charge in [-0.15, -0.1) is 0 Å². The fourth-order valence-corrected chi connectivity index (χ4v) is 7.44. The largest absolute Gasteiger partial charge is 0.493 e. The van der Waals surface area contributed by atoms with E-state index in [1.165, 1.54) is 23.1 Å². The number of piperazine rings is 1. The fourth-order valence-electron chi connectivity index (χ4n) is 7.16. The summed E-state index contributed by atoms with van der Waals surface area (Å²) in [5.74, 6) is -1.13. The Kier molecular flexibility index (Phi) is 13.7. The molecule has 2 atom stereocenters. The quantitative estimate of drug-likeness (QED) is 0.0819. The third kappa shape index (κ3) is 9.61. The molecule has 0 spiro atoms. The van der Waals surface area contributed by atoms with Crippen molar-refractivity contribution in [1.29, 1.82) is 5.26 Å². The summed E-state index contributed by atoms with van der Waals surface area (Å²) < 4.78 is 50.5. The number of fused-ring (bicyclic) bond motifs is 1. The standard InChI is InChI=1S/C41H45ClF2N6O5/c1-48-19-11-14-30(48)27-54-40-46-38-31(24-32(42)35(37(38)44)36-33(43)15-10-16-34(36)53-23-9-4-2-3-8-22-51)39(47-40)49-20-21-50(29(25-49)17-18-45)41(52)55-26-28-12-6-5-7-13-28/h5-7,10,12-13,15-16,22,24,29-30H,2-4,8-9,11,14,17,19-21,23,25-27H2,1H3/t29-,30+/m1/s1. The first-order valence-electron chi connectivity index (χ1n) is 18.8. The van der Waals surface area contributed by atoms with Gasteiger partial charge in [-0.25, -0.2) is 13.6 Å². The zero-order valence-corrected chi connectivity index (χ0v) is 31.6. The van der Waals surface area contributed by atoms with Gasteiger partial charge in [0.25, 0.3) is 0 Å². The van der Waals surface area contributed by atoms with Gasteiger partial charge in [0.2, 0.25) is 0 Å². The van der Waals surface area contributed by atoms with Crippen LogP contribution in [0, 0.1) is 23.0 Å². The van der Waals surface area contributed by atoms with Crippen molar-refractivity contribution in [3.63, 3.8) is 0 Å². The molecule has 2 aliphatic rings. The third-order valence-corrected chi connectivity index (χ3v) is 10.5. The molecule has 2 aliphatic heterocycles. The average Bonchev–Trinajstić information content (AvgIpc) is 3.61. The molecule has 0 N–H and O–H groups in total. The van der Waals surface area contributed by atoms with Crippen molar-refractivity contribution in [3.8, 4) is 29.0 Å². The van der Waals surface area contributed by atoms with Crippen LogP contribution in [0.4, 0.5) is 19.4 Å². The van der Waals surface area contributed by atoms with Gasteiger partial charge in [0.1, 0.15) is 42.4 Å². The van der Waals surface area contributed by atoms with Gasteiger partial charge in [-0.05, 0) is 63.0 Å². The van der Waals surface area contributed by atoms with E-state index in [0.717, 1.165) is 50.5 Å². The summed E-state index contributed by atoms with van der Waals surface area (Å²) in [7, 11) is 2.02. The van der Waals surface area contributed by atoms with E-state index in [1.807, 2.05) is 42.3 Å². The normalized spacial score (nSPS) is 17.3. The highest BCUT2D eigenvalue weighted by atomic mass is 35.5. The van der Waals surface area contributed by atoms with Crippen LogP contribution in [0.1, 0.15) is 56.9 Å². The third-order valence-electron chi connectivity index (χ3n) is 10.2. The van der Waals surface area contributed by atoms with Crippen LogP contribution in [-0.4, -0.2) is 90.7 Å². The summed E-state index contributed by atoms with van der Waals surface area (Å²) in [5, 5.41) is 9.94. The highest BCUT2D eigenvalue weighted by Gasteiger charge is 2.34. The molecule has 0 saturated carbocycles. The summed E-state index contributed by atoms with van der Waals surface area (Å²) in [6.07, 6.45) is 5.97. The molecule has 14 heteroatoms. The zero-order chi connectivity index (χ0) is 38.7. The van der Waals surface area contributed by atoms with Gasteiger partial charge in [0, 0.05) is 43.0 Å². The molecule has 0 radical (unpaired) electrons. The Morgan fingerprint density at radius 1 is 1.00 bits per heavy atom. The predicted octanol–water partition coefficient (Wildman–Crippen LogP) is 7.97. The van der Waals surface area contributed by atoms with E-state index in [-0.39, 0.29) is 90.7 Å². The molecule has 0 bridgehead atoms. The minimum atomic E-state index is -0.866. The molecule has 3 aromatic carbocycles. The number of rotatable bonds is 16. The van der Waals surface area contributed by atoms with E-state index in [4.69, 9.17) is 30.8 Å². The smallest absolute Gasteiger partial charge is 0.410 e. The summed E-state index contributed by atoms with van der Waals surface area (Å²) in [6.45, 7) is 2.23. The highest BCUT2D eigenvalue weighted by molar-refractivity contribution is 6.34. The van der Waals surface area contributed by atoms with E-state index in [1.54, 1.807) is 6.07 Å². The van der Waals surface area contributed by atoms with E-state index in [9.17, 15) is 14.9 Å². The van der Waals surface area contributed by atoms with Crippen molar-refractivity contribution in [1.82, 2.24) is 19.8 Å². The number of unbranched alkanes of at least 4 members (excludes halogenated alkanes) is 4. The van der Waals surface area contributed by atoms with Crippen molar-refractivity contribution in [3.05, 3.63) is 76.8 Å². The van der Waals surface area contributed by atoms with Crippen molar-refractivity contribution in [2.45, 2.75) is 70.1 Å². The van der Waals surface area contributed by atoms with Gasteiger partial charge in [0.05, 0.1) is 35.7 Å². The van der Waals surface area contributed by atoms with Crippen LogP contribution in [-0.2, 0) is 16.1 Å². The summed E-state index contributed by atoms with van der Waals surface area (Å²) in [4.78, 5) is 38.8. The maximum atomic E-state index is 17.0. The first kappa shape index (κ1) is 39.6. The molecule has 0 aliphatic carbocycles. The molecular weight excluding hydrogens is 730 g/mol. The maximum Gasteiger partial charge on any atom is 0.410 e. The van der Waals surface area contributed by atoms with E-state index in [0.29, 0.717) is 18.7 Å². The van der Waals surface area contributed by atoms with Crippen LogP contribution in [0.5, 0.6) is 11.8 Å². The van der Waals surface area contributed by atoms with Gasteiger partial charge < -0.3 is 33.7 Å². The first-order valence-corrected chi connectivity index (χ1v) is 19.1. The number of nitriles is 1. The Morgan fingerprint density at radius 2 is 1.82 bits per heavy atom. The number of aromatic nitrogens is 2. The van der Waals surface area contributed by atoms with E-state index in [2.05, 4.69) is 16.0 Å². The summed E-state index contributed by atoms with van der Waals surface area (Å²) in [6, 6.07) is 16.8. The number of likely N-dealkylation sites (N-methyl/N-ethyl adjacent to an activating group) is 1. The number of anilines is 1. The number of carbonyl (C=O) groups excluding carboxylic acids is 2. The Morgan fingerprint density at radius 3 is 2.58 bits per heavy atom. The molecular formula is C41H45ClF2N6O5. The number of carbonyl (C=O) groups is 2. The van der Waals surface area contributed by atoms with E-state index < -0.39 is 23.8 Å². The number of hydrogen-bond donors (Lipinski definition) is 0. The first-order chi connectivity index (χ1) is 26.8. The monoisotopic (exact) mass is 774 g/mol. The van der Waals surface area contributed by atoms with Crippen molar-refractivity contribution in [2.75, 3.05) is 51.3 Å². The maximum absolute atomic E-state index is 17.0. The fraction of sp³-hybridized carbons (Fsp3) is 0.439. The second-order valence-electron chi connectivity index (χ2n) is 13.9. The average molecular weight is 775 g/mol. The van der Waals surface area contributed by atoms with Gasteiger partial charge in [0.15, 0.2) is 5.82 Å². The molecule has 2 saturated heterocycles. The SMILES string of the molecule is CN1CCC[C@H]1COc1nc(N2CCN(C(=O)OCc3ccccc3)[C@H](CC#N)C2)c2cc(Cl)c(-c3c(F)cccc3OCCCCCCC=O)c(F)c2n1. The molecule has 1 aromatic heterocycles. The summed E-state index contributed by atoms with van der Waals surface area (Å²) in [5.41, 5.74) is 0.391. The number of likely N-dealkylation sites (tertiary alicyclic amines) is 1. The number of nitrogens with zero attached hydrogens (tertiary/aromatic N) is 6. The van der Waals surface area contributed by atoms with Crippen molar-refractivity contribution in [2.24, 2.45) is 0 Å². The minimum absolute atomic E-state index is 0.0192. The molecule has 290 valence electrons. The second kappa shape index (κ2) is 19.0. The molecule has 3 heterocycles. The van der Waals surface area contributed by atoms with Crippen LogP contribution in [0.2, 0.25) is 5.02 Å². The van der Waals surface area contributed by atoms with Crippen LogP contribution in [0.3, 0.4) is 0 Å². The summed E-state index contributed by atoms with van der Waals surface area (Å²) >= 11 is 6.85. The lowest BCUT2D eigenvalue weighted by Crippen LogP contribution is -2.55. The topological polar surface area (TPSA) is 121 Å². The lowest BCUT2D eigenvalue weighted by Gasteiger charge is -2.40. The Balaban J connectivity index is 1.32. The van der Waals surface area contributed by atoms with E-state index >= 15 is 8.78 Å². The zero-order valence-electron chi connectivity index (χ0n) is 30.9. The Hall–Kier alpha value is -5.06. The molecule has 55 heavy (non-hydrogen) atoms.